The van der Waals surface area contributed by atoms with Gasteiger partial charge in [0.2, 0.25) is 5.91 Å². The van der Waals surface area contributed by atoms with Gasteiger partial charge in [-0.3, -0.25) is 14.2 Å². The van der Waals surface area contributed by atoms with Crippen LogP contribution in [-0.2, 0) is 23.1 Å². The number of methoxy groups -OCH3 is 1. The third kappa shape index (κ3) is 4.99. The van der Waals surface area contributed by atoms with Gasteiger partial charge in [0.25, 0.3) is 5.56 Å². The molecule has 0 bridgehead atoms. The number of nitrogens with one attached hydrogen (secondary N) is 1. The summed E-state index contributed by atoms with van der Waals surface area (Å²) in [4.78, 5) is 30.6. The van der Waals surface area contributed by atoms with Crippen LogP contribution in [0, 0.1) is 5.82 Å². The van der Waals surface area contributed by atoms with E-state index < -0.39 is 5.82 Å². The Labute approximate surface area is 194 Å². The van der Waals surface area contributed by atoms with E-state index in [-0.39, 0.29) is 17.2 Å². The van der Waals surface area contributed by atoms with E-state index in [1.807, 2.05) is 43.6 Å². The summed E-state index contributed by atoms with van der Waals surface area (Å²) in [6, 6.07) is 15.4. The summed E-state index contributed by atoms with van der Waals surface area (Å²) in [5, 5.41) is 3.08. The van der Waals surface area contributed by atoms with Crippen LogP contribution < -0.4 is 10.9 Å². The third-order valence-electron chi connectivity index (χ3n) is 5.09. The highest BCUT2D eigenvalue weighted by Gasteiger charge is 2.19. The van der Waals surface area contributed by atoms with E-state index in [0.717, 1.165) is 22.9 Å². The second kappa shape index (κ2) is 10.0. The molecule has 0 unspecified atom stereocenters. The van der Waals surface area contributed by atoms with E-state index in [2.05, 4.69) is 5.32 Å². The van der Waals surface area contributed by atoms with E-state index in [9.17, 15) is 14.0 Å². The van der Waals surface area contributed by atoms with E-state index in [0.29, 0.717) is 35.0 Å². The fraction of sp³-hybridized carbons (Fsp3) is 0.208. The lowest BCUT2D eigenvalue weighted by Gasteiger charge is -2.12. The molecule has 9 heteroatoms. The second-order valence-corrected chi connectivity index (χ2v) is 8.35. The number of fused-ring (bicyclic) bond motifs is 1. The molecule has 33 heavy (non-hydrogen) atoms. The molecule has 2 aromatic heterocycles. The Morgan fingerprint density at radius 1 is 1.18 bits per heavy atom. The van der Waals surface area contributed by atoms with Crippen molar-refractivity contribution in [2.75, 3.05) is 24.8 Å². The average Bonchev–Trinajstić information content (AvgIpc) is 3.14. The lowest BCUT2D eigenvalue weighted by atomic mass is 10.1. The Hall–Kier alpha value is -3.43. The van der Waals surface area contributed by atoms with Crippen LogP contribution in [0.3, 0.4) is 0 Å². The summed E-state index contributed by atoms with van der Waals surface area (Å²) in [6.07, 6.45) is 1.89. The molecular weight excluding hydrogens is 443 g/mol. The normalized spacial score (nSPS) is 11.1. The number of aromatic nitrogens is 3. The molecule has 7 nitrogen and oxygen atoms in total. The summed E-state index contributed by atoms with van der Waals surface area (Å²) in [5.41, 5.74) is 3.03. The van der Waals surface area contributed by atoms with Gasteiger partial charge in [0.15, 0.2) is 5.16 Å². The predicted molar refractivity (Wildman–Crippen MR) is 128 cm³/mol. The molecule has 0 spiro atoms. The number of amides is 1. The molecule has 1 amide bonds. The number of carbonyl (C=O) groups excluding carboxylic acids is 1. The molecule has 2 aromatic carbocycles. The average molecular weight is 467 g/mol. The van der Waals surface area contributed by atoms with Crippen molar-refractivity contribution in [1.29, 1.82) is 0 Å². The maximum atomic E-state index is 13.4. The maximum Gasteiger partial charge on any atom is 0.278 e. The van der Waals surface area contributed by atoms with Gasteiger partial charge in [0.05, 0.1) is 18.9 Å². The van der Waals surface area contributed by atoms with Crippen LogP contribution in [0.4, 0.5) is 10.1 Å². The summed E-state index contributed by atoms with van der Waals surface area (Å²) < 4.78 is 21.9. The van der Waals surface area contributed by atoms with E-state index >= 15 is 0 Å². The Bertz CT molecular complexity index is 1350. The van der Waals surface area contributed by atoms with E-state index in [1.165, 1.54) is 22.8 Å². The molecule has 0 aliphatic carbocycles. The summed E-state index contributed by atoms with van der Waals surface area (Å²) in [7, 11) is 3.38. The molecule has 4 rings (SSSR count). The highest BCUT2D eigenvalue weighted by atomic mass is 32.2. The van der Waals surface area contributed by atoms with Crippen LogP contribution in [0.2, 0.25) is 0 Å². The molecule has 0 radical (unpaired) electrons. The minimum atomic E-state index is -0.432. The Balaban J connectivity index is 1.69. The van der Waals surface area contributed by atoms with Gasteiger partial charge in [-0.25, -0.2) is 9.37 Å². The number of hydrogen-bond acceptors (Lipinski definition) is 5. The van der Waals surface area contributed by atoms with Crippen molar-refractivity contribution in [3.63, 3.8) is 0 Å². The van der Waals surface area contributed by atoms with Crippen LogP contribution in [0.25, 0.3) is 22.2 Å². The zero-order valence-corrected chi connectivity index (χ0v) is 19.1. The summed E-state index contributed by atoms with van der Waals surface area (Å²) in [6.45, 7) is 0.629. The maximum absolute atomic E-state index is 13.4. The Morgan fingerprint density at radius 3 is 2.70 bits per heavy atom. The molecule has 170 valence electrons. The van der Waals surface area contributed by atoms with Crippen molar-refractivity contribution in [3.8, 4) is 11.1 Å². The molecule has 0 atom stereocenters. The molecule has 0 saturated carbocycles. The molecule has 4 aromatic rings. The number of hydrogen-bond donors (Lipinski definition) is 1. The molecule has 0 saturated heterocycles. The number of nitrogens with zero attached hydrogens (tertiary/aromatic N) is 3. The second-order valence-electron chi connectivity index (χ2n) is 7.41. The SMILES string of the molecule is COCCn1c(SCC(=O)Nc2cccc(F)c2)nc2c(-c3ccccc3)cn(C)c2c1=O. The molecular formula is C24H23FN4O3S. The molecule has 0 fully saturated rings. The first-order valence-electron chi connectivity index (χ1n) is 10.3. The smallest absolute Gasteiger partial charge is 0.278 e. The monoisotopic (exact) mass is 466 g/mol. The lowest BCUT2D eigenvalue weighted by Crippen LogP contribution is -2.27. The highest BCUT2D eigenvalue weighted by Crippen LogP contribution is 2.29. The van der Waals surface area contributed by atoms with Crippen molar-refractivity contribution in [2.45, 2.75) is 11.7 Å². The number of thioether (sulfide) groups is 1. The summed E-state index contributed by atoms with van der Waals surface area (Å²) in [5.74, 6) is -0.748. The first kappa shape index (κ1) is 22.8. The van der Waals surface area contributed by atoms with Gasteiger partial charge in [-0.15, -0.1) is 0 Å². The fourth-order valence-corrected chi connectivity index (χ4v) is 4.38. The van der Waals surface area contributed by atoms with Crippen molar-refractivity contribution in [1.82, 2.24) is 14.1 Å². The Morgan fingerprint density at radius 2 is 1.97 bits per heavy atom. The number of halogens is 1. The molecule has 2 heterocycles. The van der Waals surface area contributed by atoms with Gasteiger partial charge >= 0.3 is 0 Å². The van der Waals surface area contributed by atoms with Gasteiger partial charge in [-0.05, 0) is 23.8 Å². The quantitative estimate of drug-likeness (QED) is 0.315. The predicted octanol–water partition coefficient (Wildman–Crippen LogP) is 3.92. The molecule has 1 N–H and O–H groups in total. The highest BCUT2D eigenvalue weighted by molar-refractivity contribution is 7.99. The van der Waals surface area contributed by atoms with E-state index in [1.54, 1.807) is 17.7 Å². The number of carbonyl (C=O) groups is 1. The lowest BCUT2D eigenvalue weighted by molar-refractivity contribution is -0.113. The Kier molecular flexibility index (Phi) is 6.90. The summed E-state index contributed by atoms with van der Waals surface area (Å²) >= 11 is 1.15. The minimum absolute atomic E-state index is 0.00888. The third-order valence-corrected chi connectivity index (χ3v) is 6.06. The van der Waals surface area contributed by atoms with E-state index in [4.69, 9.17) is 9.72 Å². The largest absolute Gasteiger partial charge is 0.383 e. The van der Waals surface area contributed by atoms with Crippen molar-refractivity contribution >= 4 is 34.4 Å². The van der Waals surface area contributed by atoms with Crippen LogP contribution in [0.15, 0.2) is 70.7 Å². The number of aryl methyl sites for hydroxylation is 1. The van der Waals surface area contributed by atoms with Crippen molar-refractivity contribution < 1.29 is 13.9 Å². The van der Waals surface area contributed by atoms with Crippen LogP contribution in [0.1, 0.15) is 0 Å². The minimum Gasteiger partial charge on any atom is -0.383 e. The fourth-order valence-electron chi connectivity index (χ4n) is 3.56. The van der Waals surface area contributed by atoms with Crippen molar-refractivity contribution in [2.24, 2.45) is 7.05 Å². The van der Waals surface area contributed by atoms with Gasteiger partial charge in [0.1, 0.15) is 16.9 Å². The number of benzene rings is 2. The van der Waals surface area contributed by atoms with Gasteiger partial charge in [-0.1, -0.05) is 48.2 Å². The van der Waals surface area contributed by atoms with Gasteiger partial charge in [0, 0.05) is 31.6 Å². The first-order chi connectivity index (χ1) is 16.0. The number of anilines is 1. The first-order valence-corrected chi connectivity index (χ1v) is 11.3. The zero-order valence-electron chi connectivity index (χ0n) is 18.2. The molecule has 0 aliphatic rings. The van der Waals surface area contributed by atoms with Crippen LogP contribution in [-0.4, -0.2) is 39.5 Å². The number of rotatable bonds is 8. The molecule has 0 aliphatic heterocycles. The van der Waals surface area contributed by atoms with Crippen LogP contribution in [0.5, 0.6) is 0 Å². The number of ether oxygens (including phenoxy) is 1. The van der Waals surface area contributed by atoms with Gasteiger partial charge < -0.3 is 14.6 Å². The topological polar surface area (TPSA) is 78.2 Å². The van der Waals surface area contributed by atoms with Crippen LogP contribution >= 0.6 is 11.8 Å². The standard InChI is InChI=1S/C24H23FN4O3S/c1-28-14-19(16-7-4-3-5-8-16)21-22(28)23(31)29(11-12-32-2)24(27-21)33-15-20(30)26-18-10-6-9-17(25)13-18/h3-10,13-14H,11-12,15H2,1-2H3,(H,26,30). The zero-order chi connectivity index (χ0) is 23.4. The van der Waals surface area contributed by atoms with Gasteiger partial charge in [-0.2, -0.15) is 0 Å². The van der Waals surface area contributed by atoms with Crippen molar-refractivity contribution in [3.05, 3.63) is 77.0 Å².